The molecule has 1 unspecified atom stereocenters. The van der Waals surface area contributed by atoms with Gasteiger partial charge in [-0.05, 0) is 43.4 Å². The van der Waals surface area contributed by atoms with Crippen molar-refractivity contribution in [2.75, 3.05) is 18.4 Å². The third-order valence-corrected chi connectivity index (χ3v) is 6.78. The molecule has 0 spiro atoms. The molecule has 1 aromatic heterocycles. The zero-order valence-electron chi connectivity index (χ0n) is 17.3. The average Bonchev–Trinajstić information content (AvgIpc) is 3.51. The second kappa shape index (κ2) is 9.09. The van der Waals surface area contributed by atoms with Crippen LogP contribution in [0.25, 0.3) is 0 Å². The van der Waals surface area contributed by atoms with Crippen molar-refractivity contribution in [2.24, 2.45) is 11.7 Å². The van der Waals surface area contributed by atoms with E-state index in [0.29, 0.717) is 17.8 Å². The van der Waals surface area contributed by atoms with Crippen LogP contribution in [0.5, 0.6) is 0 Å². The number of carbonyl (C=O) groups excluding carboxylic acids is 1. The van der Waals surface area contributed by atoms with Crippen molar-refractivity contribution in [1.82, 2.24) is 14.7 Å². The topological polar surface area (TPSA) is 120 Å². The Kier molecular flexibility index (Phi) is 6.44. The molecule has 1 atom stereocenters. The number of carbonyl (C=O) groups is 1. The molecule has 2 aromatic rings. The fourth-order valence-corrected chi connectivity index (χ4v) is 4.38. The van der Waals surface area contributed by atoms with Gasteiger partial charge in [-0.2, -0.15) is 10.4 Å². The lowest BCUT2D eigenvalue weighted by Crippen LogP contribution is -2.46. The third kappa shape index (κ3) is 4.99. The Morgan fingerprint density at radius 2 is 2.03 bits per heavy atom. The number of nitriles is 1. The monoisotopic (exact) mass is 486 g/mol. The lowest BCUT2D eigenvalue weighted by Gasteiger charge is -2.40. The Morgan fingerprint density at radius 1 is 1.35 bits per heavy atom. The smallest absolute Gasteiger partial charge is 0.228 e. The summed E-state index contributed by atoms with van der Waals surface area (Å²) in [7, 11) is 0. The molecule has 8 nitrogen and oxygen atoms in total. The molecule has 1 saturated heterocycles. The average molecular weight is 487 g/mol. The first-order valence-electron chi connectivity index (χ1n) is 10.6. The van der Waals surface area contributed by atoms with Gasteiger partial charge in [0.1, 0.15) is 6.23 Å². The number of nitrogens with two attached hydrogens (primary N) is 1. The highest BCUT2D eigenvalue weighted by molar-refractivity contribution is 9.10. The summed E-state index contributed by atoms with van der Waals surface area (Å²) in [6.07, 6.45) is 3.98. The van der Waals surface area contributed by atoms with E-state index in [1.165, 1.54) is 5.56 Å². The zero-order chi connectivity index (χ0) is 22.0. The van der Waals surface area contributed by atoms with Crippen LogP contribution in [0.15, 0.2) is 34.9 Å². The highest BCUT2D eigenvalue weighted by Crippen LogP contribution is 2.36. The van der Waals surface area contributed by atoms with Crippen molar-refractivity contribution in [3.8, 4) is 6.07 Å². The first-order chi connectivity index (χ1) is 14.9. The van der Waals surface area contributed by atoms with E-state index in [2.05, 4.69) is 49.4 Å². The number of rotatable bonds is 7. The maximum atomic E-state index is 12.2. The van der Waals surface area contributed by atoms with E-state index >= 15 is 0 Å². The quantitative estimate of drug-likeness (QED) is 0.517. The summed E-state index contributed by atoms with van der Waals surface area (Å²) < 4.78 is 2.81. The molecular formula is C22H27BrN6O2. The summed E-state index contributed by atoms with van der Waals surface area (Å²) in [6, 6.07) is 10.6. The molecule has 2 aliphatic rings. The number of anilines is 1. The van der Waals surface area contributed by atoms with E-state index < -0.39 is 11.8 Å². The standard InChI is InChI=1S/C22H27BrN6O2/c23-17-5-1-15(2-6-17)13-28-11-8-22(7-10-24,9-12-28)29-14-18(19(25)30)20(27-29)26-21(31)16-3-4-16/h1-2,5-6,14,16,19,30H,3-4,7-9,11-13,25H2,(H,26,27,31). The number of aromatic nitrogens is 2. The van der Waals surface area contributed by atoms with E-state index in [9.17, 15) is 15.2 Å². The van der Waals surface area contributed by atoms with Crippen LogP contribution in [-0.2, 0) is 16.9 Å². The van der Waals surface area contributed by atoms with Gasteiger partial charge in [0.2, 0.25) is 5.91 Å². The normalized spacial score (nSPS) is 19.5. The minimum absolute atomic E-state index is 0.0165. The lowest BCUT2D eigenvalue weighted by molar-refractivity contribution is -0.117. The minimum atomic E-state index is -1.25. The van der Waals surface area contributed by atoms with Crippen molar-refractivity contribution in [3.05, 3.63) is 46.1 Å². The molecule has 4 N–H and O–H groups in total. The molecule has 2 fully saturated rings. The minimum Gasteiger partial charge on any atom is -0.374 e. The summed E-state index contributed by atoms with van der Waals surface area (Å²) in [5, 5.41) is 26.9. The van der Waals surface area contributed by atoms with Crippen molar-refractivity contribution < 1.29 is 9.90 Å². The molecule has 164 valence electrons. The number of nitrogens with one attached hydrogen (secondary N) is 1. The summed E-state index contributed by atoms with van der Waals surface area (Å²) in [5.41, 5.74) is 6.87. The number of amides is 1. The Morgan fingerprint density at radius 3 is 2.61 bits per heavy atom. The largest absolute Gasteiger partial charge is 0.374 e. The fourth-order valence-electron chi connectivity index (χ4n) is 4.12. The lowest BCUT2D eigenvalue weighted by atomic mass is 9.84. The molecule has 31 heavy (non-hydrogen) atoms. The molecule has 1 saturated carbocycles. The van der Waals surface area contributed by atoms with E-state index in [4.69, 9.17) is 5.73 Å². The Hall–Kier alpha value is -2.25. The number of halogens is 1. The number of aliphatic hydroxyl groups is 1. The molecule has 1 aliphatic carbocycles. The van der Waals surface area contributed by atoms with Crippen molar-refractivity contribution >= 4 is 27.7 Å². The highest BCUT2D eigenvalue weighted by atomic mass is 79.9. The van der Waals surface area contributed by atoms with E-state index in [0.717, 1.165) is 49.8 Å². The van der Waals surface area contributed by atoms with Gasteiger partial charge in [0, 0.05) is 36.2 Å². The van der Waals surface area contributed by atoms with Gasteiger partial charge < -0.3 is 16.2 Å². The van der Waals surface area contributed by atoms with Crippen LogP contribution >= 0.6 is 15.9 Å². The third-order valence-electron chi connectivity index (χ3n) is 6.25. The molecule has 2 heterocycles. The van der Waals surface area contributed by atoms with E-state index in [1.807, 2.05) is 12.1 Å². The Bertz CT molecular complexity index is 969. The van der Waals surface area contributed by atoms with Crippen LogP contribution in [0.1, 0.15) is 49.5 Å². The van der Waals surface area contributed by atoms with Crippen molar-refractivity contribution in [2.45, 2.75) is 50.4 Å². The fraction of sp³-hybridized carbons (Fsp3) is 0.500. The van der Waals surface area contributed by atoms with Crippen LogP contribution in [0, 0.1) is 17.2 Å². The number of aliphatic hydroxyl groups excluding tert-OH is 1. The summed E-state index contributed by atoms with van der Waals surface area (Å²) in [5.74, 6) is 0.218. The maximum absolute atomic E-state index is 12.2. The number of piperidine rings is 1. The summed E-state index contributed by atoms with van der Waals surface area (Å²) >= 11 is 3.47. The van der Waals surface area contributed by atoms with Gasteiger partial charge in [0.15, 0.2) is 5.82 Å². The van der Waals surface area contributed by atoms with Crippen LogP contribution < -0.4 is 11.1 Å². The van der Waals surface area contributed by atoms with E-state index in [1.54, 1.807) is 10.9 Å². The summed E-state index contributed by atoms with van der Waals surface area (Å²) in [4.78, 5) is 14.6. The first-order valence-corrected chi connectivity index (χ1v) is 11.4. The Balaban J connectivity index is 1.51. The predicted octanol–water partition coefficient (Wildman–Crippen LogP) is 2.85. The van der Waals surface area contributed by atoms with Gasteiger partial charge in [-0.1, -0.05) is 28.1 Å². The van der Waals surface area contributed by atoms with Gasteiger partial charge in [-0.15, -0.1) is 0 Å². The molecule has 0 bridgehead atoms. The van der Waals surface area contributed by atoms with E-state index in [-0.39, 0.29) is 11.8 Å². The first kappa shape index (κ1) is 22.0. The molecular weight excluding hydrogens is 460 g/mol. The van der Waals surface area contributed by atoms with Crippen LogP contribution in [0.2, 0.25) is 0 Å². The number of hydrogen-bond donors (Lipinski definition) is 3. The van der Waals surface area contributed by atoms with Gasteiger partial charge >= 0.3 is 0 Å². The van der Waals surface area contributed by atoms with Crippen molar-refractivity contribution in [3.63, 3.8) is 0 Å². The molecule has 1 aromatic carbocycles. The zero-order valence-corrected chi connectivity index (χ0v) is 18.9. The second-order valence-electron chi connectivity index (χ2n) is 8.55. The molecule has 4 rings (SSSR count). The number of benzene rings is 1. The van der Waals surface area contributed by atoms with Gasteiger partial charge in [-0.25, -0.2) is 0 Å². The highest BCUT2D eigenvalue weighted by Gasteiger charge is 2.39. The number of likely N-dealkylation sites (tertiary alicyclic amines) is 1. The summed E-state index contributed by atoms with van der Waals surface area (Å²) in [6.45, 7) is 2.49. The van der Waals surface area contributed by atoms with Crippen molar-refractivity contribution in [1.29, 1.82) is 5.26 Å². The number of hydrogen-bond acceptors (Lipinski definition) is 6. The van der Waals surface area contributed by atoms with Crippen LogP contribution in [-0.4, -0.2) is 38.8 Å². The Labute approximate surface area is 190 Å². The maximum Gasteiger partial charge on any atom is 0.228 e. The van der Waals surface area contributed by atoms with Gasteiger partial charge in [0.05, 0.1) is 23.6 Å². The van der Waals surface area contributed by atoms with Gasteiger partial charge in [0.25, 0.3) is 0 Å². The van der Waals surface area contributed by atoms with Crippen LogP contribution in [0.4, 0.5) is 5.82 Å². The van der Waals surface area contributed by atoms with Gasteiger partial charge in [-0.3, -0.25) is 14.4 Å². The molecule has 0 radical (unpaired) electrons. The van der Waals surface area contributed by atoms with Crippen LogP contribution in [0.3, 0.4) is 0 Å². The molecule has 9 heteroatoms. The number of nitrogens with zero attached hydrogens (tertiary/aromatic N) is 4. The predicted molar refractivity (Wildman–Crippen MR) is 120 cm³/mol. The molecule has 1 aliphatic heterocycles. The SMILES string of the molecule is N#CCC1(n2cc(C(N)O)c(NC(=O)C3CC3)n2)CCN(Cc2ccc(Br)cc2)CC1. The molecule has 1 amide bonds. The second-order valence-corrected chi connectivity index (χ2v) is 9.46.